The van der Waals surface area contributed by atoms with Crippen LogP contribution < -0.4 is 11.1 Å². The summed E-state index contributed by atoms with van der Waals surface area (Å²) >= 11 is 0. The number of anilines is 1. The summed E-state index contributed by atoms with van der Waals surface area (Å²) in [6.45, 7) is 7.52. The smallest absolute Gasteiger partial charge is 0.131 e. The van der Waals surface area contributed by atoms with Crippen LogP contribution in [0.3, 0.4) is 0 Å². The fourth-order valence-corrected chi connectivity index (χ4v) is 1.14. The molecule has 78 valence electrons. The molecule has 0 aliphatic carbocycles. The van der Waals surface area contributed by atoms with Crippen LogP contribution in [-0.2, 0) is 0 Å². The highest BCUT2D eigenvalue weighted by molar-refractivity contribution is 5.45. The molecule has 0 aliphatic heterocycles. The van der Waals surface area contributed by atoms with E-state index in [0.29, 0.717) is 12.5 Å². The third-order valence-electron chi connectivity index (χ3n) is 1.97. The molecule has 0 radical (unpaired) electrons. The lowest BCUT2D eigenvalue weighted by Gasteiger charge is -2.09. The first-order valence-corrected chi connectivity index (χ1v) is 4.92. The largest absolute Gasteiger partial charge is 0.381 e. The van der Waals surface area contributed by atoms with Gasteiger partial charge in [0.2, 0.25) is 0 Å². The van der Waals surface area contributed by atoms with Crippen LogP contribution in [0, 0.1) is 6.92 Å². The average molecular weight is 194 g/mol. The number of nitrogens with zero attached hydrogens (tertiary/aromatic N) is 2. The molecular weight excluding hydrogens is 176 g/mol. The van der Waals surface area contributed by atoms with Gasteiger partial charge in [0.1, 0.15) is 5.82 Å². The van der Waals surface area contributed by atoms with Gasteiger partial charge in [-0.25, -0.2) is 9.97 Å². The first kappa shape index (κ1) is 10.9. The quantitative estimate of drug-likeness (QED) is 0.758. The van der Waals surface area contributed by atoms with E-state index in [1.807, 2.05) is 13.1 Å². The predicted octanol–water partition coefficient (Wildman–Crippen LogP) is 1.28. The first-order chi connectivity index (χ1) is 6.65. The highest BCUT2D eigenvalue weighted by Gasteiger charge is 2.05. The van der Waals surface area contributed by atoms with E-state index in [2.05, 4.69) is 29.1 Å². The second-order valence-electron chi connectivity index (χ2n) is 3.60. The van der Waals surface area contributed by atoms with Crippen LogP contribution in [-0.4, -0.2) is 23.1 Å². The molecule has 4 nitrogen and oxygen atoms in total. The van der Waals surface area contributed by atoms with Crippen LogP contribution in [0.15, 0.2) is 6.20 Å². The van der Waals surface area contributed by atoms with Gasteiger partial charge in [-0.05, 0) is 6.92 Å². The van der Waals surface area contributed by atoms with Gasteiger partial charge in [0.15, 0.2) is 0 Å². The molecule has 0 fully saturated rings. The molecule has 1 heterocycles. The molecular formula is C10H18N4. The Balaban J connectivity index is 2.79. The lowest BCUT2D eigenvalue weighted by atomic mass is 10.2. The molecule has 14 heavy (non-hydrogen) atoms. The Morgan fingerprint density at radius 1 is 1.50 bits per heavy atom. The minimum absolute atomic E-state index is 0.372. The molecule has 1 aromatic rings. The normalized spacial score (nSPS) is 10.6. The molecule has 4 heteroatoms. The summed E-state index contributed by atoms with van der Waals surface area (Å²) in [5.74, 6) is 1.26. The van der Waals surface area contributed by atoms with Crippen LogP contribution in [0.2, 0.25) is 0 Å². The van der Waals surface area contributed by atoms with Crippen molar-refractivity contribution in [1.82, 2.24) is 9.97 Å². The molecule has 1 aromatic heterocycles. The molecule has 0 amide bonds. The van der Waals surface area contributed by atoms with Crippen LogP contribution in [0.25, 0.3) is 0 Å². The molecule has 1 rings (SSSR count). The highest BCUT2D eigenvalue weighted by Crippen LogP contribution is 2.14. The van der Waals surface area contributed by atoms with E-state index >= 15 is 0 Å². The van der Waals surface area contributed by atoms with E-state index in [1.54, 1.807) is 0 Å². The average Bonchev–Trinajstić information content (AvgIpc) is 2.15. The van der Waals surface area contributed by atoms with Crippen molar-refractivity contribution >= 4 is 5.69 Å². The minimum Gasteiger partial charge on any atom is -0.381 e. The summed E-state index contributed by atoms with van der Waals surface area (Å²) in [6.07, 6.45) is 1.83. The summed E-state index contributed by atoms with van der Waals surface area (Å²) in [5.41, 5.74) is 7.36. The van der Waals surface area contributed by atoms with E-state index < -0.39 is 0 Å². The van der Waals surface area contributed by atoms with Crippen molar-refractivity contribution in [3.8, 4) is 0 Å². The third kappa shape index (κ3) is 2.67. The molecule has 0 saturated heterocycles. The predicted molar refractivity (Wildman–Crippen MR) is 58.4 cm³/mol. The fourth-order valence-electron chi connectivity index (χ4n) is 1.14. The van der Waals surface area contributed by atoms with Gasteiger partial charge in [-0.1, -0.05) is 13.8 Å². The van der Waals surface area contributed by atoms with Gasteiger partial charge in [0, 0.05) is 19.0 Å². The molecule has 0 atom stereocenters. The summed E-state index contributed by atoms with van der Waals surface area (Å²) in [4.78, 5) is 8.69. The molecule has 0 aliphatic rings. The summed E-state index contributed by atoms with van der Waals surface area (Å²) in [6, 6.07) is 0. The Morgan fingerprint density at radius 3 is 2.71 bits per heavy atom. The van der Waals surface area contributed by atoms with E-state index in [1.165, 1.54) is 0 Å². The van der Waals surface area contributed by atoms with Crippen molar-refractivity contribution in [2.45, 2.75) is 26.7 Å². The maximum absolute atomic E-state index is 5.40. The number of nitrogens with one attached hydrogen (secondary N) is 1. The molecule has 0 saturated carbocycles. The van der Waals surface area contributed by atoms with Gasteiger partial charge >= 0.3 is 0 Å². The Hall–Kier alpha value is -1.16. The van der Waals surface area contributed by atoms with Crippen molar-refractivity contribution in [3.05, 3.63) is 17.7 Å². The van der Waals surface area contributed by atoms with Crippen LogP contribution >= 0.6 is 0 Å². The lowest BCUT2D eigenvalue weighted by molar-refractivity contribution is 0.766. The second-order valence-corrected chi connectivity index (χ2v) is 3.60. The number of rotatable bonds is 4. The maximum Gasteiger partial charge on any atom is 0.131 e. The zero-order valence-corrected chi connectivity index (χ0v) is 9.04. The van der Waals surface area contributed by atoms with E-state index in [0.717, 1.165) is 23.8 Å². The zero-order chi connectivity index (χ0) is 10.6. The van der Waals surface area contributed by atoms with Crippen LogP contribution in [0.5, 0.6) is 0 Å². The highest BCUT2D eigenvalue weighted by atomic mass is 15.0. The van der Waals surface area contributed by atoms with Gasteiger partial charge in [0.25, 0.3) is 0 Å². The number of aromatic nitrogens is 2. The van der Waals surface area contributed by atoms with E-state index in [-0.39, 0.29) is 0 Å². The fraction of sp³-hybridized carbons (Fsp3) is 0.600. The number of nitrogens with two attached hydrogens (primary N) is 1. The Morgan fingerprint density at radius 2 is 2.21 bits per heavy atom. The number of hydrogen-bond donors (Lipinski definition) is 2. The lowest BCUT2D eigenvalue weighted by Crippen LogP contribution is -2.14. The van der Waals surface area contributed by atoms with Gasteiger partial charge in [-0.2, -0.15) is 0 Å². The standard InChI is InChI=1S/C10H18N4/c1-7(2)10-13-6-9(8(3)14-10)12-5-4-11/h6-7,12H,4-5,11H2,1-3H3. The van der Waals surface area contributed by atoms with Crippen LogP contribution in [0.1, 0.15) is 31.3 Å². The van der Waals surface area contributed by atoms with Gasteiger partial charge in [-0.15, -0.1) is 0 Å². The van der Waals surface area contributed by atoms with Crippen molar-refractivity contribution in [1.29, 1.82) is 0 Å². The van der Waals surface area contributed by atoms with E-state index in [9.17, 15) is 0 Å². The Kier molecular flexibility index (Phi) is 3.83. The van der Waals surface area contributed by atoms with Crippen LogP contribution in [0.4, 0.5) is 5.69 Å². The Labute approximate surface area is 85.0 Å². The summed E-state index contributed by atoms with van der Waals surface area (Å²) in [5, 5.41) is 3.18. The molecule has 0 spiro atoms. The summed E-state index contributed by atoms with van der Waals surface area (Å²) in [7, 11) is 0. The third-order valence-corrected chi connectivity index (χ3v) is 1.97. The molecule has 0 aromatic carbocycles. The topological polar surface area (TPSA) is 63.8 Å². The zero-order valence-electron chi connectivity index (χ0n) is 9.04. The van der Waals surface area contributed by atoms with Crippen molar-refractivity contribution in [2.75, 3.05) is 18.4 Å². The van der Waals surface area contributed by atoms with Crippen molar-refractivity contribution in [3.63, 3.8) is 0 Å². The maximum atomic E-state index is 5.40. The van der Waals surface area contributed by atoms with E-state index in [4.69, 9.17) is 5.73 Å². The second kappa shape index (κ2) is 4.91. The van der Waals surface area contributed by atoms with Gasteiger partial charge in [0.05, 0.1) is 17.6 Å². The first-order valence-electron chi connectivity index (χ1n) is 4.92. The van der Waals surface area contributed by atoms with Crippen molar-refractivity contribution in [2.24, 2.45) is 5.73 Å². The molecule has 0 unspecified atom stereocenters. The number of aryl methyl sites for hydroxylation is 1. The van der Waals surface area contributed by atoms with Gasteiger partial charge < -0.3 is 11.1 Å². The molecule has 3 N–H and O–H groups in total. The van der Waals surface area contributed by atoms with Gasteiger partial charge in [-0.3, -0.25) is 0 Å². The Bertz CT molecular complexity index is 296. The minimum atomic E-state index is 0.372. The number of hydrogen-bond acceptors (Lipinski definition) is 4. The van der Waals surface area contributed by atoms with Crippen molar-refractivity contribution < 1.29 is 0 Å². The monoisotopic (exact) mass is 194 g/mol. The summed E-state index contributed by atoms with van der Waals surface area (Å²) < 4.78 is 0. The SMILES string of the molecule is Cc1nc(C(C)C)ncc1NCCN. The molecule has 0 bridgehead atoms.